The van der Waals surface area contributed by atoms with Crippen LogP contribution in [0.15, 0.2) is 30.3 Å². The van der Waals surface area contributed by atoms with Crippen LogP contribution in [0, 0.1) is 11.6 Å². The summed E-state index contributed by atoms with van der Waals surface area (Å²) in [5.41, 5.74) is 0.122. The SMILES string of the molecule is CCc1ccc(CC(NC)c2c(F)cccc2F)s1. The molecule has 0 aliphatic heterocycles. The van der Waals surface area contributed by atoms with Crippen LogP contribution in [-0.4, -0.2) is 7.05 Å². The molecule has 0 saturated heterocycles. The maximum atomic E-state index is 13.8. The lowest BCUT2D eigenvalue weighted by molar-refractivity contribution is 0.491. The number of likely N-dealkylation sites (N-methyl/N-ethyl adjacent to an activating group) is 1. The van der Waals surface area contributed by atoms with Crippen LogP contribution in [-0.2, 0) is 12.8 Å². The Kier molecular flexibility index (Phi) is 4.66. The van der Waals surface area contributed by atoms with Crippen LogP contribution in [0.5, 0.6) is 0 Å². The average Bonchev–Trinajstić information content (AvgIpc) is 2.85. The molecule has 19 heavy (non-hydrogen) atoms. The molecule has 2 aromatic rings. The highest BCUT2D eigenvalue weighted by molar-refractivity contribution is 7.11. The topological polar surface area (TPSA) is 12.0 Å². The molecule has 0 radical (unpaired) electrons. The summed E-state index contributed by atoms with van der Waals surface area (Å²) in [6, 6.07) is 7.76. The second-order valence-electron chi connectivity index (χ2n) is 4.40. The molecule has 0 spiro atoms. The molecular formula is C15H17F2NS. The molecule has 1 N–H and O–H groups in total. The molecule has 102 valence electrons. The van der Waals surface area contributed by atoms with Gasteiger partial charge >= 0.3 is 0 Å². The molecule has 1 aromatic carbocycles. The fourth-order valence-corrected chi connectivity index (χ4v) is 3.12. The first-order chi connectivity index (χ1) is 9.15. The van der Waals surface area contributed by atoms with E-state index >= 15 is 0 Å². The Hall–Kier alpha value is -1.26. The summed E-state index contributed by atoms with van der Waals surface area (Å²) in [5, 5.41) is 3.00. The first-order valence-electron chi connectivity index (χ1n) is 6.34. The van der Waals surface area contributed by atoms with Crippen LogP contribution in [0.1, 0.15) is 28.3 Å². The van der Waals surface area contributed by atoms with Crippen LogP contribution >= 0.6 is 11.3 Å². The van der Waals surface area contributed by atoms with E-state index in [9.17, 15) is 8.78 Å². The Labute approximate surface area is 116 Å². The predicted molar refractivity (Wildman–Crippen MR) is 75.6 cm³/mol. The molecule has 0 fully saturated rings. The van der Waals surface area contributed by atoms with E-state index in [2.05, 4.69) is 18.3 Å². The number of nitrogens with one attached hydrogen (secondary N) is 1. The van der Waals surface area contributed by atoms with Crippen molar-refractivity contribution in [3.05, 3.63) is 57.3 Å². The lowest BCUT2D eigenvalue weighted by atomic mass is 10.0. The van der Waals surface area contributed by atoms with Crippen LogP contribution < -0.4 is 5.32 Å². The van der Waals surface area contributed by atoms with Crippen LogP contribution in [0.3, 0.4) is 0 Å². The van der Waals surface area contributed by atoms with E-state index in [1.54, 1.807) is 18.4 Å². The quantitative estimate of drug-likeness (QED) is 0.870. The molecule has 0 bridgehead atoms. The number of hydrogen-bond donors (Lipinski definition) is 1. The van der Waals surface area contributed by atoms with E-state index in [-0.39, 0.29) is 11.6 Å². The van der Waals surface area contributed by atoms with E-state index in [0.717, 1.165) is 11.3 Å². The minimum absolute atomic E-state index is 0.122. The van der Waals surface area contributed by atoms with Crippen LogP contribution in [0.2, 0.25) is 0 Å². The Morgan fingerprint density at radius 3 is 2.26 bits per heavy atom. The molecule has 2 rings (SSSR count). The summed E-state index contributed by atoms with van der Waals surface area (Å²) >= 11 is 1.70. The molecule has 1 nitrogen and oxygen atoms in total. The van der Waals surface area contributed by atoms with Gasteiger partial charge in [-0.2, -0.15) is 0 Å². The van der Waals surface area contributed by atoms with E-state index < -0.39 is 11.6 Å². The number of halogens is 2. The third-order valence-corrected chi connectivity index (χ3v) is 4.42. The van der Waals surface area contributed by atoms with Gasteiger partial charge in [0.2, 0.25) is 0 Å². The van der Waals surface area contributed by atoms with Crippen LogP contribution in [0.25, 0.3) is 0 Å². The highest BCUT2D eigenvalue weighted by Crippen LogP contribution is 2.27. The molecule has 1 atom stereocenters. The molecule has 0 amide bonds. The molecule has 4 heteroatoms. The number of hydrogen-bond acceptors (Lipinski definition) is 2. The second-order valence-corrected chi connectivity index (χ2v) is 5.66. The Balaban J connectivity index is 2.25. The van der Waals surface area contributed by atoms with Crippen molar-refractivity contribution in [1.29, 1.82) is 0 Å². The highest BCUT2D eigenvalue weighted by atomic mass is 32.1. The van der Waals surface area contributed by atoms with Gasteiger partial charge in [-0.15, -0.1) is 11.3 Å². The van der Waals surface area contributed by atoms with E-state index in [1.807, 2.05) is 6.07 Å². The summed E-state index contributed by atoms with van der Waals surface area (Å²) in [4.78, 5) is 2.43. The molecule has 0 saturated carbocycles. The van der Waals surface area contributed by atoms with Crippen molar-refractivity contribution in [2.75, 3.05) is 7.05 Å². The van der Waals surface area contributed by atoms with Gasteiger partial charge in [-0.1, -0.05) is 13.0 Å². The zero-order valence-corrected chi connectivity index (χ0v) is 11.9. The zero-order chi connectivity index (χ0) is 13.8. The maximum Gasteiger partial charge on any atom is 0.130 e. The minimum atomic E-state index is -0.494. The first-order valence-corrected chi connectivity index (χ1v) is 7.16. The summed E-state index contributed by atoms with van der Waals surface area (Å²) in [6.07, 6.45) is 1.59. The van der Waals surface area contributed by atoms with Crippen molar-refractivity contribution in [3.8, 4) is 0 Å². The fraction of sp³-hybridized carbons (Fsp3) is 0.333. The third-order valence-electron chi connectivity index (χ3n) is 3.17. The van der Waals surface area contributed by atoms with Gasteiger partial charge in [0.25, 0.3) is 0 Å². The van der Waals surface area contributed by atoms with Gasteiger partial charge in [-0.3, -0.25) is 0 Å². The van der Waals surface area contributed by atoms with Gasteiger partial charge in [0.05, 0.1) is 0 Å². The third kappa shape index (κ3) is 3.19. The van der Waals surface area contributed by atoms with Crippen molar-refractivity contribution in [3.63, 3.8) is 0 Å². The molecule has 1 unspecified atom stereocenters. The van der Waals surface area contributed by atoms with Gasteiger partial charge in [0, 0.05) is 27.8 Å². The van der Waals surface area contributed by atoms with E-state index in [0.29, 0.717) is 6.42 Å². The fourth-order valence-electron chi connectivity index (χ4n) is 2.12. The standard InChI is InChI=1S/C15H17F2NS/c1-3-10-7-8-11(19-10)9-14(18-2)15-12(16)5-4-6-13(15)17/h4-8,14,18H,3,9H2,1-2H3. The number of rotatable bonds is 5. The maximum absolute atomic E-state index is 13.8. The van der Waals surface area contributed by atoms with Crippen molar-refractivity contribution in [2.24, 2.45) is 0 Å². The largest absolute Gasteiger partial charge is 0.313 e. The molecule has 1 heterocycles. The number of aryl methyl sites for hydroxylation is 1. The van der Waals surface area contributed by atoms with Crippen molar-refractivity contribution >= 4 is 11.3 Å². The predicted octanol–water partition coefficient (Wildman–Crippen LogP) is 4.09. The second kappa shape index (κ2) is 6.26. The molecule has 1 aromatic heterocycles. The molecular weight excluding hydrogens is 264 g/mol. The normalized spacial score (nSPS) is 12.6. The van der Waals surface area contributed by atoms with Gasteiger partial charge < -0.3 is 5.32 Å². The van der Waals surface area contributed by atoms with E-state index in [1.165, 1.54) is 23.1 Å². The summed E-state index contributed by atoms with van der Waals surface area (Å²) in [7, 11) is 1.73. The lowest BCUT2D eigenvalue weighted by Gasteiger charge is -2.17. The number of thiophene rings is 1. The lowest BCUT2D eigenvalue weighted by Crippen LogP contribution is -2.21. The Morgan fingerprint density at radius 1 is 1.11 bits per heavy atom. The Morgan fingerprint density at radius 2 is 1.74 bits per heavy atom. The summed E-state index contributed by atoms with van der Waals surface area (Å²) in [5.74, 6) is -0.988. The molecule has 0 aliphatic rings. The number of benzene rings is 1. The highest BCUT2D eigenvalue weighted by Gasteiger charge is 2.19. The monoisotopic (exact) mass is 281 g/mol. The van der Waals surface area contributed by atoms with Gasteiger partial charge in [0.15, 0.2) is 0 Å². The Bertz CT molecular complexity index is 531. The minimum Gasteiger partial charge on any atom is -0.313 e. The smallest absolute Gasteiger partial charge is 0.130 e. The van der Waals surface area contributed by atoms with Gasteiger partial charge in [0.1, 0.15) is 11.6 Å². The van der Waals surface area contributed by atoms with Crippen molar-refractivity contribution < 1.29 is 8.78 Å². The van der Waals surface area contributed by atoms with Gasteiger partial charge in [-0.05, 0) is 37.7 Å². The summed E-state index contributed by atoms with van der Waals surface area (Å²) in [6.45, 7) is 2.10. The zero-order valence-electron chi connectivity index (χ0n) is 11.0. The van der Waals surface area contributed by atoms with Gasteiger partial charge in [-0.25, -0.2) is 8.78 Å². The average molecular weight is 281 g/mol. The van der Waals surface area contributed by atoms with Crippen LogP contribution in [0.4, 0.5) is 8.78 Å². The molecule has 0 aliphatic carbocycles. The van der Waals surface area contributed by atoms with Crippen molar-refractivity contribution in [2.45, 2.75) is 25.8 Å². The summed E-state index contributed by atoms with van der Waals surface area (Å²) < 4.78 is 27.6. The van der Waals surface area contributed by atoms with E-state index in [4.69, 9.17) is 0 Å². The first kappa shape index (κ1) is 14.2. The van der Waals surface area contributed by atoms with Crippen molar-refractivity contribution in [1.82, 2.24) is 5.32 Å².